The van der Waals surface area contributed by atoms with E-state index in [0.717, 1.165) is 0 Å². The highest BCUT2D eigenvalue weighted by atomic mass is 16.6. The van der Waals surface area contributed by atoms with Gasteiger partial charge in [-0.25, -0.2) is 0 Å². The van der Waals surface area contributed by atoms with Crippen molar-refractivity contribution in [1.29, 1.82) is 0 Å². The first-order valence-corrected chi connectivity index (χ1v) is 19.2. The second kappa shape index (κ2) is 13.8. The first kappa shape index (κ1) is 42.5. The molecule has 4 saturated heterocycles. The van der Waals surface area contributed by atoms with E-state index in [-0.39, 0.29) is 35.4 Å². The summed E-state index contributed by atoms with van der Waals surface area (Å²) in [6, 6.07) is 0. The van der Waals surface area contributed by atoms with Crippen LogP contribution in [0.2, 0.25) is 0 Å². The topological polar surface area (TPSA) is 153 Å². The molecule has 0 aliphatic carbocycles. The van der Waals surface area contributed by atoms with Crippen LogP contribution in [-0.2, 0) is 38.1 Å². The van der Waals surface area contributed by atoms with Gasteiger partial charge in [0.15, 0.2) is 12.2 Å². The largest absolute Gasteiger partial charge is 0.461 e. The number of hydrogen-bond donors (Lipinski definition) is 4. The summed E-state index contributed by atoms with van der Waals surface area (Å²) in [4.78, 5) is 55.7. The molecule has 4 N–H and O–H groups in total. The monoisotopic (exact) mass is 735 g/mol. The first-order chi connectivity index (χ1) is 23.3. The Balaban J connectivity index is 1.66. The van der Waals surface area contributed by atoms with Gasteiger partial charge >= 0.3 is 23.9 Å². The lowest BCUT2D eigenvalue weighted by Gasteiger charge is -2.33. The molecule has 6 atom stereocenters. The predicted molar refractivity (Wildman–Crippen MR) is 199 cm³/mol. The van der Waals surface area contributed by atoms with E-state index in [1.165, 1.54) is 0 Å². The molecular formula is C40H70N4O8. The number of carbonyl (C=O) groups is 4. The lowest BCUT2D eigenvalue weighted by molar-refractivity contribution is -0.189. The molecule has 0 bridgehead atoms. The van der Waals surface area contributed by atoms with E-state index in [1.807, 2.05) is 111 Å². The van der Waals surface area contributed by atoms with Gasteiger partial charge in [0.25, 0.3) is 0 Å². The van der Waals surface area contributed by atoms with Crippen LogP contribution in [0.3, 0.4) is 0 Å². The van der Waals surface area contributed by atoms with Crippen molar-refractivity contribution in [2.24, 2.45) is 23.7 Å². The van der Waals surface area contributed by atoms with E-state index in [1.54, 1.807) is 0 Å². The fraction of sp³-hybridized carbons (Fsp3) is 0.900. The van der Waals surface area contributed by atoms with Crippen molar-refractivity contribution in [3.63, 3.8) is 0 Å². The van der Waals surface area contributed by atoms with Crippen LogP contribution in [0.4, 0.5) is 0 Å². The molecule has 0 radical (unpaired) electrons. The molecule has 0 spiro atoms. The molecule has 4 aliphatic heterocycles. The van der Waals surface area contributed by atoms with E-state index >= 15 is 0 Å². The van der Waals surface area contributed by atoms with Gasteiger partial charge < -0.3 is 40.2 Å². The van der Waals surface area contributed by atoms with Crippen LogP contribution in [0.15, 0.2) is 0 Å². The van der Waals surface area contributed by atoms with Crippen molar-refractivity contribution in [3.8, 4) is 0 Å². The Kier molecular flexibility index (Phi) is 11.3. The lowest BCUT2D eigenvalue weighted by atomic mass is 9.87. The van der Waals surface area contributed by atoms with Crippen LogP contribution in [0.5, 0.6) is 0 Å². The SMILES string of the molecule is CC1(C)CC(C(=O)OCC(OC(=O)C2CC(C)(C)NC2(C)C)C(COC(=O)C2CC(C)(C)NC2(C)C)OC(=O)C2CC(C)(C)NC2(C)C)C(C)(C)N1. The Labute approximate surface area is 312 Å². The fourth-order valence-electron chi connectivity index (χ4n) is 10.0. The highest BCUT2D eigenvalue weighted by molar-refractivity contribution is 5.78. The smallest absolute Gasteiger partial charge is 0.311 e. The average Bonchev–Trinajstić information content (AvgIpc) is 3.50. The fourth-order valence-corrected chi connectivity index (χ4v) is 10.0. The number of carbonyl (C=O) groups excluding carboxylic acids is 4. The van der Waals surface area contributed by atoms with Crippen molar-refractivity contribution in [2.45, 2.75) is 193 Å². The van der Waals surface area contributed by atoms with Crippen LogP contribution in [0, 0.1) is 23.7 Å². The summed E-state index contributed by atoms with van der Waals surface area (Å²) < 4.78 is 24.5. The number of hydrogen-bond acceptors (Lipinski definition) is 12. The molecule has 4 aliphatic rings. The Morgan fingerprint density at radius 3 is 0.827 bits per heavy atom. The van der Waals surface area contributed by atoms with E-state index in [0.29, 0.717) is 25.7 Å². The lowest BCUT2D eigenvalue weighted by Crippen LogP contribution is -2.51. The maximum absolute atomic E-state index is 14.1. The molecule has 0 aromatic heterocycles. The molecule has 0 saturated carbocycles. The van der Waals surface area contributed by atoms with E-state index in [4.69, 9.17) is 18.9 Å². The minimum absolute atomic E-state index is 0.285. The summed E-state index contributed by atoms with van der Waals surface area (Å²) in [7, 11) is 0. The Morgan fingerprint density at radius 2 is 0.635 bits per heavy atom. The van der Waals surface area contributed by atoms with Gasteiger partial charge in [0.2, 0.25) is 0 Å². The summed E-state index contributed by atoms with van der Waals surface area (Å²) in [5, 5.41) is 14.1. The maximum atomic E-state index is 14.1. The highest BCUT2D eigenvalue weighted by Crippen LogP contribution is 2.40. The van der Waals surface area contributed by atoms with Crippen molar-refractivity contribution < 1.29 is 38.1 Å². The van der Waals surface area contributed by atoms with Gasteiger partial charge in [-0.3, -0.25) is 19.2 Å². The molecule has 4 rings (SSSR count). The zero-order valence-electron chi connectivity index (χ0n) is 35.0. The van der Waals surface area contributed by atoms with Crippen molar-refractivity contribution >= 4 is 23.9 Å². The summed E-state index contributed by atoms with van der Waals surface area (Å²) in [5.74, 6) is -3.92. The normalized spacial score (nSPS) is 32.4. The number of esters is 4. The number of rotatable bonds is 11. The summed E-state index contributed by atoms with van der Waals surface area (Å²) in [6.45, 7) is 31.2. The van der Waals surface area contributed by atoms with Gasteiger partial charge in [0, 0.05) is 44.3 Å². The molecule has 52 heavy (non-hydrogen) atoms. The molecule has 6 unspecified atom stereocenters. The average molecular weight is 735 g/mol. The minimum atomic E-state index is -1.24. The van der Waals surface area contributed by atoms with E-state index < -0.39 is 81.9 Å². The molecule has 0 aromatic carbocycles. The van der Waals surface area contributed by atoms with Gasteiger partial charge in [-0.1, -0.05) is 0 Å². The molecule has 298 valence electrons. The summed E-state index contributed by atoms with van der Waals surface area (Å²) in [6.07, 6.45) is -0.351. The van der Waals surface area contributed by atoms with Gasteiger partial charge in [-0.2, -0.15) is 0 Å². The standard InChI is InChI=1S/C40H70N4O8/c1-33(2)17-23(37(9,10)41-33)29(45)49-21-27(51-31(47)25-19-35(5,6)43-39(25,13)14)28(52-32(48)26-20-36(7,8)44-40(26,15)16)22-50-30(46)24-18-34(3,4)42-38(24,11)12/h23-28,41-44H,17-22H2,1-16H3. The van der Waals surface area contributed by atoms with Crippen LogP contribution < -0.4 is 21.3 Å². The van der Waals surface area contributed by atoms with Crippen LogP contribution in [0.1, 0.15) is 136 Å². The minimum Gasteiger partial charge on any atom is -0.461 e. The van der Waals surface area contributed by atoms with E-state index in [9.17, 15) is 19.2 Å². The Hall–Kier alpha value is -2.28. The third-order valence-corrected chi connectivity index (χ3v) is 11.9. The Bertz CT molecular complexity index is 1290. The third-order valence-electron chi connectivity index (χ3n) is 11.9. The van der Waals surface area contributed by atoms with Crippen LogP contribution in [-0.4, -0.2) is 93.6 Å². The summed E-state index contributed by atoms with van der Waals surface area (Å²) in [5.41, 5.74) is -3.48. The summed E-state index contributed by atoms with van der Waals surface area (Å²) >= 11 is 0. The quantitative estimate of drug-likeness (QED) is 0.174. The zero-order valence-corrected chi connectivity index (χ0v) is 35.0. The van der Waals surface area contributed by atoms with Crippen LogP contribution >= 0.6 is 0 Å². The Morgan fingerprint density at radius 1 is 0.423 bits per heavy atom. The number of ether oxygens (including phenoxy) is 4. The van der Waals surface area contributed by atoms with Gasteiger partial charge in [-0.05, 0) is 136 Å². The highest BCUT2D eigenvalue weighted by Gasteiger charge is 2.53. The second-order valence-electron chi connectivity index (χ2n) is 21.2. The van der Waals surface area contributed by atoms with Crippen LogP contribution in [0.25, 0.3) is 0 Å². The van der Waals surface area contributed by atoms with Crippen molar-refractivity contribution in [3.05, 3.63) is 0 Å². The number of nitrogens with one attached hydrogen (secondary N) is 4. The van der Waals surface area contributed by atoms with Crippen molar-refractivity contribution in [1.82, 2.24) is 21.3 Å². The molecule has 4 heterocycles. The zero-order chi connectivity index (χ0) is 39.7. The second-order valence-corrected chi connectivity index (χ2v) is 21.2. The molecule has 0 aromatic rings. The van der Waals surface area contributed by atoms with Gasteiger partial charge in [-0.15, -0.1) is 0 Å². The molecular weight excluding hydrogens is 664 g/mol. The molecule has 0 amide bonds. The molecule has 12 heteroatoms. The first-order valence-electron chi connectivity index (χ1n) is 19.2. The van der Waals surface area contributed by atoms with Crippen molar-refractivity contribution in [2.75, 3.05) is 13.2 Å². The third kappa shape index (κ3) is 9.68. The maximum Gasteiger partial charge on any atom is 0.311 e. The van der Waals surface area contributed by atoms with Gasteiger partial charge in [0.1, 0.15) is 13.2 Å². The van der Waals surface area contributed by atoms with Gasteiger partial charge in [0.05, 0.1) is 23.7 Å². The van der Waals surface area contributed by atoms with E-state index in [2.05, 4.69) is 21.3 Å². The predicted octanol–water partition coefficient (Wildman–Crippen LogP) is 4.56. The molecule has 12 nitrogen and oxygen atoms in total. The molecule has 4 fully saturated rings.